The number of benzene rings is 3. The zero-order valence-electron chi connectivity index (χ0n) is 18.3. The Balaban J connectivity index is 2.11. The van der Waals surface area contributed by atoms with Crippen molar-refractivity contribution in [2.24, 2.45) is 0 Å². The Kier molecular flexibility index (Phi) is 7.82. The molecule has 0 saturated carbocycles. The summed E-state index contributed by atoms with van der Waals surface area (Å²) in [4.78, 5) is 11.6. The van der Waals surface area contributed by atoms with Crippen molar-refractivity contribution < 1.29 is 42.4 Å². The van der Waals surface area contributed by atoms with Crippen molar-refractivity contribution in [3.8, 4) is 28.7 Å². The fourth-order valence-electron chi connectivity index (χ4n) is 2.91. The van der Waals surface area contributed by atoms with Crippen molar-refractivity contribution in [3.63, 3.8) is 0 Å². The minimum absolute atomic E-state index is 0.0794. The lowest BCUT2D eigenvalue weighted by Crippen LogP contribution is -2.15. The molecule has 10 nitrogen and oxygen atoms in total. The summed E-state index contributed by atoms with van der Waals surface area (Å²) in [6, 6.07) is 14.4. The molecule has 0 radical (unpaired) electrons. The van der Waals surface area contributed by atoms with Crippen molar-refractivity contribution in [1.29, 1.82) is 0 Å². The van der Waals surface area contributed by atoms with Crippen LogP contribution in [0.1, 0.15) is 10.4 Å². The van der Waals surface area contributed by atoms with E-state index in [0.717, 1.165) is 6.07 Å². The topological polar surface area (TPSA) is 141 Å². The standard InChI is InChI=1S/C23H23NO9S/c1-30-16-6-8-19(9-7-16)34(28,29)24-20-12-15(23(26)27)13-21(32-11-10-25)22(20)33-18-5-3-4-17(14-18)31-2/h3-9,12-14,24-25H,10-11H2,1-2H3,(H,26,27). The van der Waals surface area contributed by atoms with Gasteiger partial charge >= 0.3 is 5.97 Å². The highest BCUT2D eigenvalue weighted by molar-refractivity contribution is 7.92. The normalized spacial score (nSPS) is 10.9. The number of sulfonamides is 1. The Morgan fingerprint density at radius 2 is 1.62 bits per heavy atom. The lowest BCUT2D eigenvalue weighted by molar-refractivity contribution is 0.0696. The number of anilines is 1. The molecule has 0 heterocycles. The minimum atomic E-state index is -4.15. The van der Waals surface area contributed by atoms with E-state index in [0.29, 0.717) is 11.5 Å². The van der Waals surface area contributed by atoms with E-state index in [1.54, 1.807) is 24.3 Å². The second kappa shape index (κ2) is 10.8. The highest BCUT2D eigenvalue weighted by Gasteiger charge is 2.23. The molecule has 0 fully saturated rings. The van der Waals surface area contributed by atoms with Crippen LogP contribution in [0, 0.1) is 0 Å². The molecule has 3 aromatic rings. The molecule has 34 heavy (non-hydrogen) atoms. The molecule has 11 heteroatoms. The van der Waals surface area contributed by atoms with E-state index in [1.807, 2.05) is 0 Å². The number of rotatable bonds is 11. The lowest BCUT2D eigenvalue weighted by Gasteiger charge is -2.18. The Hall–Kier alpha value is -3.96. The number of aromatic carboxylic acids is 1. The van der Waals surface area contributed by atoms with Crippen molar-refractivity contribution in [2.75, 3.05) is 32.2 Å². The molecule has 0 aliphatic heterocycles. The number of carboxylic acid groups (broad SMARTS) is 1. The quantitative estimate of drug-likeness (QED) is 0.370. The Morgan fingerprint density at radius 3 is 2.24 bits per heavy atom. The highest BCUT2D eigenvalue weighted by Crippen LogP contribution is 2.41. The molecule has 0 aliphatic carbocycles. The summed E-state index contributed by atoms with van der Waals surface area (Å²) in [5.41, 5.74) is -0.426. The van der Waals surface area contributed by atoms with Crippen LogP contribution in [0.4, 0.5) is 5.69 Å². The summed E-state index contributed by atoms with van der Waals surface area (Å²) in [5, 5.41) is 18.7. The number of ether oxygens (including phenoxy) is 4. The first-order valence-corrected chi connectivity index (χ1v) is 11.4. The van der Waals surface area contributed by atoms with Crippen LogP contribution >= 0.6 is 0 Å². The van der Waals surface area contributed by atoms with Crippen LogP contribution in [0.3, 0.4) is 0 Å². The van der Waals surface area contributed by atoms with Gasteiger partial charge in [0.05, 0.1) is 37.0 Å². The Bertz CT molecular complexity index is 1260. The van der Waals surface area contributed by atoms with Crippen molar-refractivity contribution in [3.05, 3.63) is 66.2 Å². The third-order valence-corrected chi connectivity index (χ3v) is 5.91. The van der Waals surface area contributed by atoms with Crippen molar-refractivity contribution >= 4 is 21.7 Å². The van der Waals surface area contributed by atoms with Crippen molar-refractivity contribution in [2.45, 2.75) is 4.90 Å². The molecule has 0 unspecified atom stereocenters. The molecule has 180 valence electrons. The minimum Gasteiger partial charge on any atom is -0.497 e. The van der Waals surface area contributed by atoms with Gasteiger partial charge in [0.1, 0.15) is 23.9 Å². The van der Waals surface area contributed by atoms with E-state index >= 15 is 0 Å². The number of carboxylic acids is 1. The van der Waals surface area contributed by atoms with Gasteiger partial charge in [-0.15, -0.1) is 0 Å². The summed E-state index contributed by atoms with van der Waals surface area (Å²) in [6.45, 7) is -0.537. The maximum Gasteiger partial charge on any atom is 0.335 e. The zero-order chi connectivity index (χ0) is 24.7. The number of methoxy groups -OCH3 is 2. The molecule has 3 aromatic carbocycles. The third-order valence-electron chi connectivity index (χ3n) is 4.53. The summed E-state index contributed by atoms with van der Waals surface area (Å²) >= 11 is 0. The van der Waals surface area contributed by atoms with Crippen LogP contribution < -0.4 is 23.7 Å². The van der Waals surface area contributed by atoms with Gasteiger partial charge in [-0.05, 0) is 48.5 Å². The molecule has 3 N–H and O–H groups in total. The SMILES string of the molecule is COc1ccc(S(=O)(=O)Nc2cc(C(=O)O)cc(OCCO)c2Oc2cccc(OC)c2)cc1. The number of carbonyl (C=O) groups is 1. The average Bonchev–Trinajstić information content (AvgIpc) is 2.83. The van der Waals surface area contributed by atoms with Crippen LogP contribution in [0.25, 0.3) is 0 Å². The summed E-state index contributed by atoms with van der Waals surface area (Å²) < 4.78 is 50.1. The van der Waals surface area contributed by atoms with Gasteiger partial charge in [-0.25, -0.2) is 13.2 Å². The summed E-state index contributed by atoms with van der Waals surface area (Å²) in [5.74, 6) is -0.257. The van der Waals surface area contributed by atoms with Crippen LogP contribution in [0.15, 0.2) is 65.6 Å². The van der Waals surface area contributed by atoms with Gasteiger partial charge < -0.3 is 29.2 Å². The molecule has 0 bridgehead atoms. The predicted molar refractivity (Wildman–Crippen MR) is 123 cm³/mol. The van der Waals surface area contributed by atoms with Crippen molar-refractivity contribution in [1.82, 2.24) is 0 Å². The van der Waals surface area contributed by atoms with E-state index in [-0.39, 0.29) is 46.6 Å². The molecule has 0 aromatic heterocycles. The van der Waals surface area contributed by atoms with E-state index in [9.17, 15) is 23.4 Å². The maximum atomic E-state index is 13.1. The summed E-state index contributed by atoms with van der Waals surface area (Å²) in [6.07, 6.45) is 0. The smallest absolute Gasteiger partial charge is 0.335 e. The van der Waals surface area contributed by atoms with E-state index in [2.05, 4.69) is 4.72 Å². The third kappa shape index (κ3) is 5.88. The average molecular weight is 490 g/mol. The van der Waals surface area contributed by atoms with Crippen LogP contribution in [-0.2, 0) is 10.0 Å². The monoisotopic (exact) mass is 489 g/mol. The van der Waals surface area contributed by atoms with Gasteiger partial charge in [-0.3, -0.25) is 4.72 Å². The molecular formula is C23H23NO9S. The number of hydrogen-bond acceptors (Lipinski definition) is 8. The lowest BCUT2D eigenvalue weighted by atomic mass is 10.1. The number of aliphatic hydroxyl groups excluding tert-OH is 1. The van der Waals surface area contributed by atoms with E-state index in [4.69, 9.17) is 18.9 Å². The second-order valence-electron chi connectivity index (χ2n) is 6.79. The van der Waals surface area contributed by atoms with Gasteiger partial charge in [0, 0.05) is 6.07 Å². The Labute approximate surface area is 196 Å². The first-order valence-electron chi connectivity index (χ1n) is 9.91. The van der Waals surface area contributed by atoms with E-state index in [1.165, 1.54) is 44.6 Å². The molecule has 3 rings (SSSR count). The predicted octanol–water partition coefficient (Wildman–Crippen LogP) is 3.37. The first-order chi connectivity index (χ1) is 16.3. The maximum absolute atomic E-state index is 13.1. The van der Waals surface area contributed by atoms with Gasteiger partial charge in [0.25, 0.3) is 10.0 Å². The van der Waals surface area contributed by atoms with Crippen LogP contribution in [0.5, 0.6) is 28.7 Å². The second-order valence-corrected chi connectivity index (χ2v) is 8.47. The van der Waals surface area contributed by atoms with Gasteiger partial charge in [0.15, 0.2) is 11.5 Å². The number of hydrogen-bond donors (Lipinski definition) is 3. The summed E-state index contributed by atoms with van der Waals surface area (Å²) in [7, 11) is -1.22. The highest BCUT2D eigenvalue weighted by atomic mass is 32.2. The fraction of sp³-hybridized carbons (Fsp3) is 0.174. The Morgan fingerprint density at radius 1 is 0.941 bits per heavy atom. The largest absolute Gasteiger partial charge is 0.497 e. The van der Waals surface area contributed by atoms with Gasteiger partial charge in [0.2, 0.25) is 0 Å². The molecule has 0 saturated heterocycles. The molecule has 0 amide bonds. The van der Waals surface area contributed by atoms with E-state index < -0.39 is 16.0 Å². The number of nitrogens with one attached hydrogen (secondary N) is 1. The molecule has 0 spiro atoms. The molecule has 0 atom stereocenters. The molecule has 0 aliphatic rings. The molecular weight excluding hydrogens is 466 g/mol. The van der Waals surface area contributed by atoms with Gasteiger partial charge in [-0.1, -0.05) is 6.07 Å². The van der Waals surface area contributed by atoms with Crippen LogP contribution in [-0.4, -0.2) is 52.0 Å². The zero-order valence-corrected chi connectivity index (χ0v) is 19.2. The first kappa shape index (κ1) is 24.7. The van der Waals surface area contributed by atoms with Gasteiger partial charge in [-0.2, -0.15) is 0 Å². The number of aliphatic hydroxyl groups is 1. The fourth-order valence-corrected chi connectivity index (χ4v) is 3.96. The van der Waals surface area contributed by atoms with Crippen LogP contribution in [0.2, 0.25) is 0 Å².